The molecule has 1 atom stereocenters. The molecule has 3 aromatic rings. The van der Waals surface area contributed by atoms with Crippen LogP contribution in [0.15, 0.2) is 42.5 Å². The first-order valence-electron chi connectivity index (χ1n) is 7.93. The number of nitrogens with zero attached hydrogens (tertiary/aromatic N) is 4. The molecule has 0 fully saturated rings. The summed E-state index contributed by atoms with van der Waals surface area (Å²) >= 11 is 5.87. The van der Waals surface area contributed by atoms with E-state index in [-0.39, 0.29) is 13.2 Å². The molecule has 25 heavy (non-hydrogen) atoms. The van der Waals surface area contributed by atoms with Crippen molar-refractivity contribution in [2.24, 2.45) is 0 Å². The van der Waals surface area contributed by atoms with Gasteiger partial charge in [0.05, 0.1) is 6.54 Å². The molecule has 0 aliphatic rings. The summed E-state index contributed by atoms with van der Waals surface area (Å²) in [4.78, 5) is 1.36. The van der Waals surface area contributed by atoms with Crippen LogP contribution in [0.3, 0.4) is 0 Å². The van der Waals surface area contributed by atoms with Crippen molar-refractivity contribution in [3.05, 3.63) is 58.6 Å². The van der Waals surface area contributed by atoms with Crippen molar-refractivity contribution in [1.82, 2.24) is 20.2 Å². The Bertz CT molecular complexity index is 849. The maximum atomic E-state index is 10.2. The minimum atomic E-state index is -0.743. The van der Waals surface area contributed by atoms with Gasteiger partial charge in [-0.15, -0.1) is 10.2 Å². The molecule has 0 bridgehead atoms. The van der Waals surface area contributed by atoms with E-state index in [0.29, 0.717) is 10.8 Å². The Morgan fingerprint density at radius 3 is 2.64 bits per heavy atom. The highest BCUT2D eigenvalue weighted by Gasteiger charge is 2.12. The third-order valence-corrected chi connectivity index (χ3v) is 3.94. The quantitative estimate of drug-likeness (QED) is 0.733. The maximum absolute atomic E-state index is 10.2. The standard InChI is InChI=1S/C18H19ClN4O2/c1-12-3-8-17(13(2)9-12)25-11-16(24)10-23-21-18(20-22-23)14-4-6-15(19)7-5-14/h3-9,16,24H,10-11H2,1-2H3. The summed E-state index contributed by atoms with van der Waals surface area (Å²) < 4.78 is 5.68. The van der Waals surface area contributed by atoms with Crippen molar-refractivity contribution >= 4 is 11.6 Å². The molecule has 1 heterocycles. The molecule has 3 rings (SSSR count). The van der Waals surface area contributed by atoms with Gasteiger partial charge in [0.25, 0.3) is 0 Å². The molecule has 0 aliphatic carbocycles. The number of aliphatic hydroxyl groups excluding tert-OH is 1. The van der Waals surface area contributed by atoms with E-state index < -0.39 is 6.10 Å². The number of rotatable bonds is 6. The molecular formula is C18H19ClN4O2. The van der Waals surface area contributed by atoms with Crippen molar-refractivity contribution in [2.45, 2.75) is 26.5 Å². The summed E-state index contributed by atoms with van der Waals surface area (Å²) in [7, 11) is 0. The van der Waals surface area contributed by atoms with Gasteiger partial charge in [0.15, 0.2) is 0 Å². The Morgan fingerprint density at radius 2 is 1.92 bits per heavy atom. The van der Waals surface area contributed by atoms with Gasteiger partial charge in [-0.3, -0.25) is 0 Å². The third kappa shape index (κ3) is 4.55. The van der Waals surface area contributed by atoms with Gasteiger partial charge in [-0.25, -0.2) is 0 Å². The van der Waals surface area contributed by atoms with E-state index in [1.54, 1.807) is 12.1 Å². The van der Waals surface area contributed by atoms with Gasteiger partial charge in [0.2, 0.25) is 5.82 Å². The Kier molecular flexibility index (Phi) is 5.31. The fourth-order valence-corrected chi connectivity index (χ4v) is 2.55. The highest BCUT2D eigenvalue weighted by molar-refractivity contribution is 6.30. The van der Waals surface area contributed by atoms with Crippen LogP contribution < -0.4 is 4.74 Å². The number of aliphatic hydroxyl groups is 1. The number of ether oxygens (including phenoxy) is 1. The summed E-state index contributed by atoms with van der Waals surface area (Å²) in [6.45, 7) is 4.36. The maximum Gasteiger partial charge on any atom is 0.204 e. The normalized spacial score (nSPS) is 12.2. The van der Waals surface area contributed by atoms with Gasteiger partial charge in [0, 0.05) is 10.6 Å². The van der Waals surface area contributed by atoms with Crippen LogP contribution in [-0.2, 0) is 6.54 Å². The first-order valence-corrected chi connectivity index (χ1v) is 8.31. The SMILES string of the molecule is Cc1ccc(OCC(O)Cn2nnc(-c3ccc(Cl)cc3)n2)c(C)c1. The molecule has 0 amide bonds. The number of halogens is 1. The number of hydrogen-bond acceptors (Lipinski definition) is 5. The van der Waals surface area contributed by atoms with Gasteiger partial charge in [-0.2, -0.15) is 4.80 Å². The van der Waals surface area contributed by atoms with Gasteiger partial charge >= 0.3 is 0 Å². The molecule has 130 valence electrons. The smallest absolute Gasteiger partial charge is 0.204 e. The molecule has 0 spiro atoms. The number of aromatic nitrogens is 4. The predicted molar refractivity (Wildman–Crippen MR) is 95.7 cm³/mol. The number of benzene rings is 2. The van der Waals surface area contributed by atoms with Crippen molar-refractivity contribution in [3.8, 4) is 17.1 Å². The van der Waals surface area contributed by atoms with Gasteiger partial charge < -0.3 is 9.84 Å². The lowest BCUT2D eigenvalue weighted by Crippen LogP contribution is -2.25. The second kappa shape index (κ2) is 7.63. The highest BCUT2D eigenvalue weighted by Crippen LogP contribution is 2.19. The lowest BCUT2D eigenvalue weighted by molar-refractivity contribution is 0.0847. The van der Waals surface area contributed by atoms with Crippen LogP contribution >= 0.6 is 11.6 Å². The number of tetrazole rings is 1. The van der Waals surface area contributed by atoms with Gasteiger partial charge in [-0.05, 0) is 55.0 Å². The van der Waals surface area contributed by atoms with Crippen molar-refractivity contribution < 1.29 is 9.84 Å². The van der Waals surface area contributed by atoms with Crippen LogP contribution in [0, 0.1) is 13.8 Å². The molecule has 6 nitrogen and oxygen atoms in total. The minimum absolute atomic E-state index is 0.154. The monoisotopic (exact) mass is 358 g/mol. The first kappa shape index (κ1) is 17.4. The topological polar surface area (TPSA) is 73.1 Å². The summed E-state index contributed by atoms with van der Waals surface area (Å²) in [6, 6.07) is 13.1. The number of aryl methyl sites for hydroxylation is 2. The third-order valence-electron chi connectivity index (χ3n) is 3.69. The summed E-state index contributed by atoms with van der Waals surface area (Å²) in [5.74, 6) is 1.25. The molecule has 0 radical (unpaired) electrons. The molecule has 0 saturated carbocycles. The van der Waals surface area contributed by atoms with E-state index >= 15 is 0 Å². The number of hydrogen-bond donors (Lipinski definition) is 1. The molecule has 0 aliphatic heterocycles. The second-order valence-electron chi connectivity index (χ2n) is 5.91. The molecular weight excluding hydrogens is 340 g/mol. The Balaban J connectivity index is 1.58. The van der Waals surface area contributed by atoms with E-state index in [0.717, 1.165) is 16.9 Å². The van der Waals surface area contributed by atoms with Crippen molar-refractivity contribution in [2.75, 3.05) is 6.61 Å². The molecule has 7 heteroatoms. The van der Waals surface area contributed by atoms with Crippen LogP contribution in [0.25, 0.3) is 11.4 Å². The van der Waals surface area contributed by atoms with Gasteiger partial charge in [0.1, 0.15) is 18.5 Å². The highest BCUT2D eigenvalue weighted by atomic mass is 35.5. The zero-order valence-electron chi connectivity index (χ0n) is 14.1. The molecule has 1 unspecified atom stereocenters. The van der Waals surface area contributed by atoms with Crippen LogP contribution in [0.4, 0.5) is 0 Å². The van der Waals surface area contributed by atoms with Crippen LogP contribution in [0.5, 0.6) is 5.75 Å². The Morgan fingerprint density at radius 1 is 1.16 bits per heavy atom. The van der Waals surface area contributed by atoms with Crippen LogP contribution in [-0.4, -0.2) is 38.0 Å². The lowest BCUT2D eigenvalue weighted by atomic mass is 10.1. The van der Waals surface area contributed by atoms with Crippen molar-refractivity contribution in [1.29, 1.82) is 0 Å². The molecule has 0 saturated heterocycles. The minimum Gasteiger partial charge on any atom is -0.491 e. The summed E-state index contributed by atoms with van der Waals surface area (Å²) in [5.41, 5.74) is 3.03. The largest absolute Gasteiger partial charge is 0.491 e. The summed E-state index contributed by atoms with van der Waals surface area (Å²) in [5, 5.41) is 23.0. The lowest BCUT2D eigenvalue weighted by Gasteiger charge is -2.13. The first-order chi connectivity index (χ1) is 12.0. The zero-order valence-corrected chi connectivity index (χ0v) is 14.8. The average Bonchev–Trinajstić information content (AvgIpc) is 3.03. The Labute approximate surface area is 151 Å². The van der Waals surface area contributed by atoms with Gasteiger partial charge in [-0.1, -0.05) is 29.3 Å². The predicted octanol–water partition coefficient (Wildman–Crippen LogP) is 3.05. The van der Waals surface area contributed by atoms with E-state index in [4.69, 9.17) is 16.3 Å². The van der Waals surface area contributed by atoms with Crippen molar-refractivity contribution in [3.63, 3.8) is 0 Å². The molecule has 1 aromatic heterocycles. The summed E-state index contributed by atoms with van der Waals surface area (Å²) in [6.07, 6.45) is -0.743. The zero-order chi connectivity index (χ0) is 17.8. The van der Waals surface area contributed by atoms with E-state index in [9.17, 15) is 5.11 Å². The average molecular weight is 359 g/mol. The van der Waals surface area contributed by atoms with E-state index in [2.05, 4.69) is 15.4 Å². The van der Waals surface area contributed by atoms with Crippen LogP contribution in [0.1, 0.15) is 11.1 Å². The van der Waals surface area contributed by atoms with Crippen LogP contribution in [0.2, 0.25) is 5.02 Å². The second-order valence-corrected chi connectivity index (χ2v) is 6.35. The van der Waals surface area contributed by atoms with E-state index in [1.165, 1.54) is 10.4 Å². The Hall–Kier alpha value is -2.44. The molecule has 2 aromatic carbocycles. The molecule has 1 N–H and O–H groups in total. The van der Waals surface area contributed by atoms with E-state index in [1.807, 2.05) is 44.2 Å². The fraction of sp³-hybridized carbons (Fsp3) is 0.278. The fourth-order valence-electron chi connectivity index (χ4n) is 2.42.